The van der Waals surface area contributed by atoms with Crippen molar-refractivity contribution in [1.82, 2.24) is 9.55 Å². The van der Waals surface area contributed by atoms with Crippen LogP contribution >= 0.6 is 23.2 Å². The van der Waals surface area contributed by atoms with Crippen molar-refractivity contribution in [3.05, 3.63) is 58.2 Å². The van der Waals surface area contributed by atoms with Crippen LogP contribution in [0.2, 0.25) is 10.0 Å². The van der Waals surface area contributed by atoms with E-state index in [0.717, 1.165) is 5.69 Å². The second-order valence-electron chi connectivity index (χ2n) is 5.06. The lowest BCUT2D eigenvalue weighted by molar-refractivity contribution is 0.936. The number of nitrogens with zero attached hydrogens (tertiary/aromatic N) is 3. The Balaban J connectivity index is 2.30. The lowest BCUT2D eigenvalue weighted by Crippen LogP contribution is -2.01. The molecule has 4 nitrogen and oxygen atoms in total. The summed E-state index contributed by atoms with van der Waals surface area (Å²) in [6.45, 7) is 0. The summed E-state index contributed by atoms with van der Waals surface area (Å²) < 4.78 is 1.92. The third-order valence-electron chi connectivity index (χ3n) is 3.58. The molecule has 0 radical (unpaired) electrons. The van der Waals surface area contributed by atoms with Crippen LogP contribution in [0.1, 0.15) is 5.56 Å². The highest BCUT2D eigenvalue weighted by Gasteiger charge is 2.16. The first-order chi connectivity index (χ1) is 11.0. The first kappa shape index (κ1) is 15.4. The summed E-state index contributed by atoms with van der Waals surface area (Å²) in [5, 5.41) is 10.5. The van der Waals surface area contributed by atoms with Crippen LogP contribution in [-0.4, -0.2) is 9.55 Å². The third kappa shape index (κ3) is 2.77. The topological polar surface area (TPSA) is 67.6 Å². The predicted octanol–water partition coefficient (Wildman–Crippen LogP) is 4.51. The van der Waals surface area contributed by atoms with E-state index < -0.39 is 0 Å². The molecule has 0 unspecified atom stereocenters. The molecule has 23 heavy (non-hydrogen) atoms. The van der Waals surface area contributed by atoms with E-state index in [-0.39, 0.29) is 5.82 Å². The van der Waals surface area contributed by atoms with Gasteiger partial charge < -0.3 is 10.3 Å². The molecule has 6 heteroatoms. The fourth-order valence-corrected chi connectivity index (χ4v) is 2.84. The number of halogens is 2. The Bertz CT molecular complexity index is 938. The minimum absolute atomic E-state index is 0.164. The van der Waals surface area contributed by atoms with Crippen molar-refractivity contribution < 1.29 is 0 Å². The summed E-state index contributed by atoms with van der Waals surface area (Å²) in [5.74, 6) is 0.164. The predicted molar refractivity (Wildman–Crippen MR) is 93.2 cm³/mol. The first-order valence-corrected chi connectivity index (χ1v) is 7.54. The van der Waals surface area contributed by atoms with Crippen molar-refractivity contribution in [3.63, 3.8) is 0 Å². The highest BCUT2D eigenvalue weighted by molar-refractivity contribution is 6.35. The zero-order valence-corrected chi connectivity index (χ0v) is 13.7. The molecule has 2 N–H and O–H groups in total. The van der Waals surface area contributed by atoms with E-state index in [0.29, 0.717) is 32.4 Å². The van der Waals surface area contributed by atoms with E-state index in [9.17, 15) is 5.26 Å². The van der Waals surface area contributed by atoms with E-state index in [2.05, 4.69) is 11.1 Å². The van der Waals surface area contributed by atoms with Crippen LogP contribution in [0.5, 0.6) is 0 Å². The van der Waals surface area contributed by atoms with Crippen LogP contribution in [0.3, 0.4) is 0 Å². The van der Waals surface area contributed by atoms with E-state index in [4.69, 9.17) is 28.9 Å². The number of benzene rings is 1. The molecule has 1 aromatic carbocycles. The number of aromatic nitrogens is 2. The van der Waals surface area contributed by atoms with Crippen molar-refractivity contribution >= 4 is 29.0 Å². The monoisotopic (exact) mass is 342 g/mol. The van der Waals surface area contributed by atoms with Gasteiger partial charge in [-0.1, -0.05) is 23.2 Å². The number of nitrogen functional groups attached to an aromatic ring is 1. The van der Waals surface area contributed by atoms with Gasteiger partial charge >= 0.3 is 0 Å². The van der Waals surface area contributed by atoms with Gasteiger partial charge in [0.2, 0.25) is 0 Å². The maximum absolute atomic E-state index is 9.42. The number of hydrogen-bond donors (Lipinski definition) is 1. The fraction of sp³-hybridized carbons (Fsp3) is 0.0588. The molecule has 2 heterocycles. The van der Waals surface area contributed by atoms with Gasteiger partial charge in [0, 0.05) is 35.1 Å². The van der Waals surface area contributed by atoms with Gasteiger partial charge in [0.15, 0.2) is 0 Å². The van der Waals surface area contributed by atoms with E-state index in [1.54, 1.807) is 18.2 Å². The standard InChI is InChI=1S/C17H12Cl2N4/c1-23-6-2-3-16(23)11-8-15(22-17(21)13(11)9-20)12-7-10(18)4-5-14(12)19/h2-8H,1H3,(H2,21,22). The van der Waals surface area contributed by atoms with Crippen molar-refractivity contribution in [2.75, 3.05) is 5.73 Å². The van der Waals surface area contributed by atoms with Gasteiger partial charge in [-0.3, -0.25) is 0 Å². The maximum Gasteiger partial charge on any atom is 0.142 e. The van der Waals surface area contributed by atoms with Crippen LogP contribution in [0, 0.1) is 11.3 Å². The highest BCUT2D eigenvalue weighted by Crippen LogP contribution is 2.35. The molecule has 0 aliphatic heterocycles. The lowest BCUT2D eigenvalue weighted by atomic mass is 10.0. The molecule has 0 amide bonds. The molecular formula is C17H12Cl2N4. The molecule has 0 saturated carbocycles. The summed E-state index contributed by atoms with van der Waals surface area (Å²) >= 11 is 12.3. The van der Waals surface area contributed by atoms with Crippen molar-refractivity contribution in [2.45, 2.75) is 0 Å². The van der Waals surface area contributed by atoms with E-state index in [1.165, 1.54) is 0 Å². The Hall–Kier alpha value is -2.48. The van der Waals surface area contributed by atoms with Crippen molar-refractivity contribution in [2.24, 2.45) is 7.05 Å². The average Bonchev–Trinajstić information content (AvgIpc) is 2.95. The van der Waals surface area contributed by atoms with Crippen molar-refractivity contribution in [3.8, 4) is 28.6 Å². The van der Waals surface area contributed by atoms with Crippen LogP contribution in [-0.2, 0) is 7.05 Å². The average molecular weight is 343 g/mol. The quantitative estimate of drug-likeness (QED) is 0.744. The summed E-state index contributed by atoms with van der Waals surface area (Å²) in [4.78, 5) is 4.32. The smallest absolute Gasteiger partial charge is 0.142 e. The largest absolute Gasteiger partial charge is 0.383 e. The third-order valence-corrected chi connectivity index (χ3v) is 4.15. The number of anilines is 1. The summed E-state index contributed by atoms with van der Waals surface area (Å²) in [6, 6.07) is 12.9. The number of pyridine rings is 1. The molecule has 0 bridgehead atoms. The summed E-state index contributed by atoms with van der Waals surface area (Å²) in [5.41, 5.74) is 9.16. The molecular weight excluding hydrogens is 331 g/mol. The molecule has 0 aliphatic rings. The van der Waals surface area contributed by atoms with Gasteiger partial charge in [-0.25, -0.2) is 4.98 Å². The Morgan fingerprint density at radius 1 is 1.17 bits per heavy atom. The number of nitriles is 1. The number of rotatable bonds is 2. The van der Waals surface area contributed by atoms with E-state index in [1.807, 2.05) is 36.0 Å². The van der Waals surface area contributed by atoms with Gasteiger partial charge in [-0.05, 0) is 36.4 Å². The molecule has 3 aromatic rings. The van der Waals surface area contributed by atoms with E-state index >= 15 is 0 Å². The second-order valence-corrected chi connectivity index (χ2v) is 5.90. The SMILES string of the molecule is Cn1cccc1-c1cc(-c2cc(Cl)ccc2Cl)nc(N)c1C#N. The van der Waals surface area contributed by atoms with Crippen molar-refractivity contribution in [1.29, 1.82) is 5.26 Å². The second kappa shape index (κ2) is 5.96. The molecule has 0 saturated heterocycles. The molecule has 2 aromatic heterocycles. The Morgan fingerprint density at radius 3 is 2.61 bits per heavy atom. The summed E-state index contributed by atoms with van der Waals surface area (Å²) in [6.07, 6.45) is 1.90. The lowest BCUT2D eigenvalue weighted by Gasteiger charge is -2.12. The molecule has 0 spiro atoms. The Morgan fingerprint density at radius 2 is 1.96 bits per heavy atom. The Labute approximate surface area is 143 Å². The molecule has 0 aliphatic carbocycles. The molecule has 0 atom stereocenters. The van der Waals surface area contributed by atoms with Crippen LogP contribution < -0.4 is 5.73 Å². The minimum Gasteiger partial charge on any atom is -0.383 e. The minimum atomic E-state index is 0.164. The Kier molecular flexibility index (Phi) is 3.99. The van der Waals surface area contributed by atoms with Crippen LogP contribution in [0.25, 0.3) is 22.5 Å². The first-order valence-electron chi connectivity index (χ1n) is 6.79. The highest BCUT2D eigenvalue weighted by atomic mass is 35.5. The van der Waals surface area contributed by atoms with Gasteiger partial charge in [0.05, 0.1) is 10.7 Å². The van der Waals surface area contributed by atoms with Gasteiger partial charge in [0.25, 0.3) is 0 Å². The molecule has 114 valence electrons. The zero-order valence-electron chi connectivity index (χ0n) is 12.2. The number of hydrogen-bond acceptors (Lipinski definition) is 3. The zero-order chi connectivity index (χ0) is 16.6. The van der Waals surface area contributed by atoms with Crippen LogP contribution in [0.4, 0.5) is 5.82 Å². The fourth-order valence-electron chi connectivity index (χ4n) is 2.46. The van der Waals surface area contributed by atoms with Gasteiger partial charge in [-0.15, -0.1) is 0 Å². The van der Waals surface area contributed by atoms with Crippen LogP contribution in [0.15, 0.2) is 42.6 Å². The maximum atomic E-state index is 9.42. The van der Waals surface area contributed by atoms with Gasteiger partial charge in [-0.2, -0.15) is 5.26 Å². The number of nitrogens with two attached hydrogens (primary N) is 1. The number of aryl methyl sites for hydroxylation is 1. The summed E-state index contributed by atoms with van der Waals surface area (Å²) in [7, 11) is 1.90. The molecule has 3 rings (SSSR count). The normalized spacial score (nSPS) is 10.5. The van der Waals surface area contributed by atoms with Gasteiger partial charge in [0.1, 0.15) is 17.5 Å². The molecule has 0 fully saturated rings.